The van der Waals surface area contributed by atoms with Gasteiger partial charge in [-0.05, 0) is 60.9 Å². The highest BCUT2D eigenvalue weighted by molar-refractivity contribution is 6.07. The number of benzene rings is 3. The Morgan fingerprint density at radius 2 is 1.73 bits per heavy atom. The van der Waals surface area contributed by atoms with Gasteiger partial charge in [-0.2, -0.15) is 5.10 Å². The van der Waals surface area contributed by atoms with Gasteiger partial charge in [-0.1, -0.05) is 52.0 Å². The Balaban J connectivity index is 1.20. The number of urea groups is 1. The van der Waals surface area contributed by atoms with E-state index in [9.17, 15) is 4.79 Å². The first kappa shape index (κ1) is 33.0. The minimum atomic E-state index is -0.397. The molecule has 0 radical (unpaired) electrons. The number of hydrogen-bond acceptors (Lipinski definition) is 8. The van der Waals surface area contributed by atoms with E-state index in [0.29, 0.717) is 41.2 Å². The van der Waals surface area contributed by atoms with Crippen molar-refractivity contribution in [3.8, 4) is 17.2 Å². The Morgan fingerprint density at radius 3 is 2.51 bits per heavy atom. The Morgan fingerprint density at radius 1 is 0.918 bits per heavy atom. The van der Waals surface area contributed by atoms with Gasteiger partial charge in [0.05, 0.1) is 36.1 Å². The lowest BCUT2D eigenvalue weighted by Crippen LogP contribution is -2.21. The normalized spacial score (nSPS) is 11.3. The summed E-state index contributed by atoms with van der Waals surface area (Å²) < 4.78 is 13.5. The lowest BCUT2D eigenvalue weighted by atomic mass is 9.92. The minimum Gasteiger partial charge on any atom is -0.497 e. The second-order valence-electron chi connectivity index (χ2n) is 12.7. The van der Waals surface area contributed by atoms with Crippen LogP contribution in [0.25, 0.3) is 16.5 Å². The number of aromatic nitrogens is 5. The number of anilines is 4. The average molecular weight is 657 g/mol. The first-order valence-electron chi connectivity index (χ1n) is 16.1. The van der Waals surface area contributed by atoms with Crippen LogP contribution in [0.5, 0.6) is 11.5 Å². The summed E-state index contributed by atoms with van der Waals surface area (Å²) in [6.07, 6.45) is 5.95. The lowest BCUT2D eigenvalue weighted by molar-refractivity contribution is 0.262. The molecule has 0 aliphatic carbocycles. The number of amides is 2. The van der Waals surface area contributed by atoms with Crippen LogP contribution in [0.4, 0.5) is 27.9 Å². The van der Waals surface area contributed by atoms with Gasteiger partial charge in [0.1, 0.15) is 35.6 Å². The van der Waals surface area contributed by atoms with Crippen LogP contribution in [-0.4, -0.2) is 37.9 Å². The summed E-state index contributed by atoms with van der Waals surface area (Å²) in [6.45, 7) is 10.6. The third-order valence-corrected chi connectivity index (χ3v) is 7.89. The molecule has 0 atom stereocenters. The summed E-state index contributed by atoms with van der Waals surface area (Å²) in [5.74, 6) is 3.22. The van der Waals surface area contributed by atoms with E-state index in [0.717, 1.165) is 45.4 Å². The Hall–Kier alpha value is -5.97. The van der Waals surface area contributed by atoms with Crippen LogP contribution in [0.3, 0.4) is 0 Å². The summed E-state index contributed by atoms with van der Waals surface area (Å²) in [6, 6.07) is 22.7. The van der Waals surface area contributed by atoms with Gasteiger partial charge in [0.2, 0.25) is 0 Å². The van der Waals surface area contributed by atoms with Crippen LogP contribution in [0.1, 0.15) is 50.2 Å². The number of rotatable bonds is 10. The number of nitrogens with one attached hydrogen (secondary N) is 3. The number of methoxy groups -OCH3 is 1. The van der Waals surface area contributed by atoms with Gasteiger partial charge in [-0.3, -0.25) is 10.3 Å². The molecule has 3 aromatic carbocycles. The molecule has 11 nitrogen and oxygen atoms in total. The molecule has 0 spiro atoms. The molecule has 2 amide bonds. The van der Waals surface area contributed by atoms with Crippen molar-refractivity contribution in [2.45, 2.75) is 53.1 Å². The van der Waals surface area contributed by atoms with Gasteiger partial charge in [-0.15, -0.1) is 0 Å². The summed E-state index contributed by atoms with van der Waals surface area (Å²) >= 11 is 0. The second kappa shape index (κ2) is 14.0. The van der Waals surface area contributed by atoms with Gasteiger partial charge in [0, 0.05) is 40.7 Å². The van der Waals surface area contributed by atoms with Crippen LogP contribution in [-0.2, 0) is 18.4 Å². The zero-order valence-corrected chi connectivity index (χ0v) is 28.5. The molecule has 0 saturated carbocycles. The number of carbonyl (C=O) groups is 1. The highest BCUT2D eigenvalue weighted by Gasteiger charge is 2.22. The van der Waals surface area contributed by atoms with Crippen LogP contribution < -0.4 is 25.4 Å². The number of hydrogen-bond donors (Lipinski definition) is 3. The van der Waals surface area contributed by atoms with Crippen molar-refractivity contribution in [2.75, 3.05) is 23.1 Å². The first-order valence-corrected chi connectivity index (χ1v) is 16.1. The number of ether oxygens (including phenoxy) is 2. The van der Waals surface area contributed by atoms with Gasteiger partial charge < -0.3 is 20.1 Å². The molecule has 49 heavy (non-hydrogen) atoms. The first-order chi connectivity index (χ1) is 23.6. The average Bonchev–Trinajstić information content (AvgIpc) is 3.52. The van der Waals surface area contributed by atoms with Crippen LogP contribution in [0.15, 0.2) is 91.4 Å². The predicted octanol–water partition coefficient (Wildman–Crippen LogP) is 8.35. The number of carbonyl (C=O) groups excluding carboxylic acids is 1. The van der Waals surface area contributed by atoms with E-state index in [-0.39, 0.29) is 5.41 Å². The predicted molar refractivity (Wildman–Crippen MR) is 193 cm³/mol. The largest absolute Gasteiger partial charge is 0.497 e. The fourth-order valence-corrected chi connectivity index (χ4v) is 5.34. The quantitative estimate of drug-likeness (QED) is 0.134. The zero-order valence-electron chi connectivity index (χ0n) is 28.5. The molecule has 0 fully saturated rings. The SMILES string of the molecule is CCc1cncc(Nc2cc(COc3ccc(NC(=O)Nc4cc(C(C)(C)C)nn4-c4cc(C)cc(OC)c4)c4ccccc34)ccn2)n1. The molecule has 0 unspecified atom stereocenters. The number of aryl methyl sites for hydroxylation is 2. The van der Waals surface area contributed by atoms with E-state index in [1.807, 2.05) is 86.6 Å². The monoisotopic (exact) mass is 656 g/mol. The second-order valence-corrected chi connectivity index (χ2v) is 12.7. The topological polar surface area (TPSA) is 128 Å². The molecular weight excluding hydrogens is 616 g/mol. The molecule has 0 bridgehead atoms. The molecule has 3 aromatic heterocycles. The molecule has 250 valence electrons. The zero-order chi connectivity index (χ0) is 34.5. The molecule has 0 aliphatic heterocycles. The van der Waals surface area contributed by atoms with Gasteiger partial charge in [-0.25, -0.2) is 19.4 Å². The van der Waals surface area contributed by atoms with Gasteiger partial charge in [0.15, 0.2) is 0 Å². The van der Waals surface area contributed by atoms with Crippen molar-refractivity contribution < 1.29 is 14.3 Å². The number of fused-ring (bicyclic) bond motifs is 1. The molecule has 0 aliphatic rings. The standard InChI is InChI=1S/C38H40N8O3/c1-7-26-21-39-22-35(41-26)43-34-18-25(14-15-40-34)23-49-32-13-12-31(29-10-8-9-11-30(29)32)42-37(47)44-36-20-33(38(3,4)5)45-46(36)27-16-24(2)17-28(19-27)48-6/h8-22H,7,23H2,1-6H3,(H,40,41,43)(H2,42,44,47). The van der Waals surface area contributed by atoms with E-state index < -0.39 is 6.03 Å². The molecule has 11 heteroatoms. The van der Waals surface area contributed by atoms with Crippen molar-refractivity contribution >= 4 is 39.9 Å². The summed E-state index contributed by atoms with van der Waals surface area (Å²) in [4.78, 5) is 26.7. The van der Waals surface area contributed by atoms with E-state index in [1.165, 1.54) is 0 Å². The highest BCUT2D eigenvalue weighted by atomic mass is 16.5. The van der Waals surface area contributed by atoms with Gasteiger partial charge >= 0.3 is 6.03 Å². The van der Waals surface area contributed by atoms with E-state index in [4.69, 9.17) is 14.6 Å². The molecule has 3 heterocycles. The molecule has 0 saturated heterocycles. The van der Waals surface area contributed by atoms with E-state index in [2.05, 4.69) is 51.7 Å². The highest BCUT2D eigenvalue weighted by Crippen LogP contribution is 2.33. The smallest absolute Gasteiger partial charge is 0.324 e. The summed E-state index contributed by atoms with van der Waals surface area (Å²) in [5, 5.41) is 15.8. The van der Waals surface area contributed by atoms with Crippen molar-refractivity contribution in [2.24, 2.45) is 0 Å². The number of pyridine rings is 1. The van der Waals surface area contributed by atoms with E-state index in [1.54, 1.807) is 30.4 Å². The summed E-state index contributed by atoms with van der Waals surface area (Å²) in [7, 11) is 1.63. The molecule has 6 rings (SSSR count). The Labute approximate surface area is 285 Å². The van der Waals surface area contributed by atoms with Crippen LogP contribution >= 0.6 is 0 Å². The summed E-state index contributed by atoms with van der Waals surface area (Å²) in [5.41, 5.74) is 4.88. The fourth-order valence-electron chi connectivity index (χ4n) is 5.34. The van der Waals surface area contributed by atoms with Crippen LogP contribution in [0.2, 0.25) is 0 Å². The van der Waals surface area contributed by atoms with Gasteiger partial charge in [0.25, 0.3) is 0 Å². The Kier molecular flexibility index (Phi) is 9.43. The van der Waals surface area contributed by atoms with Crippen molar-refractivity contribution in [1.82, 2.24) is 24.7 Å². The molecular formula is C38H40N8O3. The maximum absolute atomic E-state index is 13.5. The number of nitrogens with zero attached hydrogens (tertiary/aromatic N) is 5. The molecule has 3 N–H and O–H groups in total. The third-order valence-electron chi connectivity index (χ3n) is 7.89. The minimum absolute atomic E-state index is 0.234. The van der Waals surface area contributed by atoms with E-state index >= 15 is 0 Å². The van der Waals surface area contributed by atoms with Crippen molar-refractivity contribution in [3.63, 3.8) is 0 Å². The maximum atomic E-state index is 13.5. The molecule has 6 aromatic rings. The third kappa shape index (κ3) is 7.78. The van der Waals surface area contributed by atoms with Crippen molar-refractivity contribution in [1.29, 1.82) is 0 Å². The van der Waals surface area contributed by atoms with Crippen LogP contribution in [0, 0.1) is 6.92 Å². The maximum Gasteiger partial charge on any atom is 0.324 e. The Bertz CT molecular complexity index is 2120. The lowest BCUT2D eigenvalue weighted by Gasteiger charge is -2.15. The van der Waals surface area contributed by atoms with Crippen molar-refractivity contribution in [3.05, 3.63) is 114 Å². The fraction of sp³-hybridized carbons (Fsp3) is 0.237.